The molecular weight excluding hydrogens is 218 g/mol. The Kier molecular flexibility index (Phi) is 4.01. The average Bonchev–Trinajstić information content (AvgIpc) is 2.75. The molecule has 2 rings (SSSR count). The van der Waals surface area contributed by atoms with Gasteiger partial charge in [-0.05, 0) is 26.3 Å². The Hall–Kier alpha value is -0.650. The fourth-order valence-corrected chi connectivity index (χ4v) is 2.98. The summed E-state index contributed by atoms with van der Waals surface area (Å²) in [5.41, 5.74) is 5.83. The van der Waals surface area contributed by atoms with E-state index < -0.39 is 6.04 Å². The molecule has 0 radical (unpaired) electrons. The highest BCUT2D eigenvalue weighted by molar-refractivity contribution is 5.75. The van der Waals surface area contributed by atoms with Crippen LogP contribution in [-0.4, -0.2) is 67.2 Å². The van der Waals surface area contributed by atoms with Gasteiger partial charge in [0.2, 0.25) is 0 Å². The highest BCUT2D eigenvalue weighted by Crippen LogP contribution is 2.24. The number of nitrogens with zero attached hydrogens (tertiary/aromatic N) is 2. The van der Waals surface area contributed by atoms with Gasteiger partial charge in [-0.25, -0.2) is 0 Å². The molecule has 2 aliphatic rings. The van der Waals surface area contributed by atoms with Crippen LogP contribution in [0.15, 0.2) is 0 Å². The minimum absolute atomic E-state index is 0.314. The summed E-state index contributed by atoms with van der Waals surface area (Å²) in [4.78, 5) is 16.2. The van der Waals surface area contributed by atoms with Crippen LogP contribution in [0, 0.1) is 0 Å². The Bertz CT molecular complexity index is 285. The maximum atomic E-state index is 11.3. The highest BCUT2D eigenvalue weighted by atomic mass is 16.5. The van der Waals surface area contributed by atoms with Crippen LogP contribution < -0.4 is 5.73 Å². The topological polar surface area (TPSA) is 58.8 Å². The maximum Gasteiger partial charge on any atom is 0.323 e. The third-order valence-electron chi connectivity index (χ3n) is 4.00. The zero-order valence-electron chi connectivity index (χ0n) is 10.8. The normalized spacial score (nSPS) is 32.2. The molecule has 17 heavy (non-hydrogen) atoms. The Morgan fingerprint density at radius 3 is 3.00 bits per heavy atom. The van der Waals surface area contributed by atoms with Gasteiger partial charge in [-0.3, -0.25) is 14.6 Å². The highest BCUT2D eigenvalue weighted by Gasteiger charge is 2.35. The van der Waals surface area contributed by atoms with Gasteiger partial charge in [0.05, 0.1) is 7.11 Å². The molecule has 0 amide bonds. The number of nitrogens with two attached hydrogens (primary N) is 1. The van der Waals surface area contributed by atoms with E-state index in [0.717, 1.165) is 13.1 Å². The van der Waals surface area contributed by atoms with E-state index in [1.165, 1.54) is 26.5 Å². The smallest absolute Gasteiger partial charge is 0.323 e. The molecule has 0 aromatic heterocycles. The lowest BCUT2D eigenvalue weighted by Crippen LogP contribution is -2.58. The van der Waals surface area contributed by atoms with Gasteiger partial charge in [0, 0.05) is 31.7 Å². The van der Waals surface area contributed by atoms with Crippen LogP contribution >= 0.6 is 0 Å². The first-order valence-corrected chi connectivity index (χ1v) is 6.43. The third-order valence-corrected chi connectivity index (χ3v) is 4.00. The molecule has 5 heteroatoms. The van der Waals surface area contributed by atoms with Crippen LogP contribution in [0.5, 0.6) is 0 Å². The first kappa shape index (κ1) is 12.8. The van der Waals surface area contributed by atoms with E-state index in [1.54, 1.807) is 0 Å². The van der Waals surface area contributed by atoms with E-state index in [1.807, 2.05) is 0 Å². The summed E-state index contributed by atoms with van der Waals surface area (Å²) in [5, 5.41) is 0. The molecule has 3 unspecified atom stereocenters. The van der Waals surface area contributed by atoms with Gasteiger partial charge in [0.15, 0.2) is 0 Å². The molecule has 0 aliphatic carbocycles. The van der Waals surface area contributed by atoms with Crippen molar-refractivity contribution >= 4 is 5.97 Å². The predicted molar refractivity (Wildman–Crippen MR) is 65.6 cm³/mol. The molecule has 3 atom stereocenters. The maximum absolute atomic E-state index is 11.3. The van der Waals surface area contributed by atoms with E-state index >= 15 is 0 Å². The number of piperazine rings is 1. The van der Waals surface area contributed by atoms with E-state index in [2.05, 4.69) is 21.5 Å². The monoisotopic (exact) mass is 241 g/mol. The Morgan fingerprint density at radius 1 is 1.53 bits per heavy atom. The molecule has 0 saturated carbocycles. The number of rotatable bonds is 3. The number of carbonyl (C=O) groups is 1. The van der Waals surface area contributed by atoms with E-state index in [-0.39, 0.29) is 5.97 Å². The van der Waals surface area contributed by atoms with Gasteiger partial charge in [0.1, 0.15) is 6.04 Å². The van der Waals surface area contributed by atoms with Gasteiger partial charge in [-0.15, -0.1) is 0 Å². The largest absolute Gasteiger partial charge is 0.468 e. The van der Waals surface area contributed by atoms with Crippen molar-refractivity contribution in [2.24, 2.45) is 5.73 Å². The van der Waals surface area contributed by atoms with E-state index in [0.29, 0.717) is 18.6 Å². The number of methoxy groups -OCH3 is 1. The van der Waals surface area contributed by atoms with Crippen LogP contribution in [0.4, 0.5) is 0 Å². The molecule has 0 aromatic rings. The lowest BCUT2D eigenvalue weighted by Gasteiger charge is -2.42. The zero-order chi connectivity index (χ0) is 12.4. The third kappa shape index (κ3) is 2.78. The summed E-state index contributed by atoms with van der Waals surface area (Å²) in [7, 11) is 1.39. The molecule has 5 nitrogen and oxygen atoms in total. The van der Waals surface area contributed by atoms with Gasteiger partial charge in [-0.2, -0.15) is 0 Å². The standard InChI is InChI=1S/C12H23N3O2/c1-9-6-14-5-3-4-10(14)7-15(9)8-11(13)12(16)17-2/h9-11H,3-8,13H2,1-2H3. The van der Waals surface area contributed by atoms with Crippen LogP contribution in [-0.2, 0) is 9.53 Å². The van der Waals surface area contributed by atoms with Crippen molar-refractivity contribution in [3.8, 4) is 0 Å². The molecular formula is C12H23N3O2. The number of carbonyl (C=O) groups excluding carboxylic acids is 1. The minimum atomic E-state index is -0.518. The van der Waals surface area contributed by atoms with Crippen molar-refractivity contribution in [1.29, 1.82) is 0 Å². The van der Waals surface area contributed by atoms with E-state index in [9.17, 15) is 4.79 Å². The van der Waals surface area contributed by atoms with Crippen LogP contribution in [0.2, 0.25) is 0 Å². The van der Waals surface area contributed by atoms with Crippen molar-refractivity contribution in [2.45, 2.75) is 37.9 Å². The molecule has 0 aromatic carbocycles. The van der Waals surface area contributed by atoms with Crippen molar-refractivity contribution in [2.75, 3.05) is 33.3 Å². The number of esters is 1. The van der Waals surface area contributed by atoms with Gasteiger partial charge in [-0.1, -0.05) is 0 Å². The zero-order valence-corrected chi connectivity index (χ0v) is 10.8. The molecule has 2 aliphatic heterocycles. The fraction of sp³-hybridized carbons (Fsp3) is 0.917. The van der Waals surface area contributed by atoms with Crippen molar-refractivity contribution in [3.05, 3.63) is 0 Å². The molecule has 0 spiro atoms. The quantitative estimate of drug-likeness (QED) is 0.685. The van der Waals surface area contributed by atoms with Crippen LogP contribution in [0.3, 0.4) is 0 Å². The molecule has 2 heterocycles. The van der Waals surface area contributed by atoms with Crippen molar-refractivity contribution in [3.63, 3.8) is 0 Å². The summed E-state index contributed by atoms with van der Waals surface area (Å²) < 4.78 is 4.67. The molecule has 2 N–H and O–H groups in total. The Morgan fingerprint density at radius 2 is 2.29 bits per heavy atom. The summed E-state index contributed by atoms with van der Waals surface area (Å²) in [5.74, 6) is -0.314. The second kappa shape index (κ2) is 5.33. The number of hydrogen-bond donors (Lipinski definition) is 1. The number of ether oxygens (including phenoxy) is 1. The number of hydrogen-bond acceptors (Lipinski definition) is 5. The van der Waals surface area contributed by atoms with Crippen LogP contribution in [0.25, 0.3) is 0 Å². The van der Waals surface area contributed by atoms with Crippen LogP contribution in [0.1, 0.15) is 19.8 Å². The van der Waals surface area contributed by atoms with Crippen molar-refractivity contribution < 1.29 is 9.53 Å². The molecule has 2 saturated heterocycles. The lowest BCUT2D eigenvalue weighted by molar-refractivity contribution is -0.143. The average molecular weight is 241 g/mol. The summed E-state index contributed by atoms with van der Waals surface area (Å²) >= 11 is 0. The minimum Gasteiger partial charge on any atom is -0.468 e. The van der Waals surface area contributed by atoms with Crippen molar-refractivity contribution in [1.82, 2.24) is 9.80 Å². The molecule has 98 valence electrons. The van der Waals surface area contributed by atoms with Gasteiger partial charge < -0.3 is 10.5 Å². The fourth-order valence-electron chi connectivity index (χ4n) is 2.98. The second-order valence-corrected chi connectivity index (χ2v) is 5.22. The first-order chi connectivity index (χ1) is 8.11. The summed E-state index contributed by atoms with van der Waals surface area (Å²) in [6.45, 7) is 6.17. The SMILES string of the molecule is COC(=O)C(N)CN1CC2CCCN2CC1C. The first-order valence-electron chi connectivity index (χ1n) is 6.43. The predicted octanol–water partition coefficient (Wildman–Crippen LogP) is -0.345. The second-order valence-electron chi connectivity index (χ2n) is 5.22. The Labute approximate surface area is 103 Å². The van der Waals surface area contributed by atoms with Gasteiger partial charge in [0.25, 0.3) is 0 Å². The molecule has 2 fully saturated rings. The molecule has 0 bridgehead atoms. The summed E-state index contributed by atoms with van der Waals surface area (Å²) in [6, 6.07) is 0.617. The van der Waals surface area contributed by atoms with E-state index in [4.69, 9.17) is 5.73 Å². The van der Waals surface area contributed by atoms with Gasteiger partial charge >= 0.3 is 5.97 Å². The Balaban J connectivity index is 1.90. The number of fused-ring (bicyclic) bond motifs is 1. The lowest BCUT2D eigenvalue weighted by atomic mass is 10.1. The summed E-state index contributed by atoms with van der Waals surface area (Å²) in [6.07, 6.45) is 2.57.